The van der Waals surface area contributed by atoms with Crippen molar-refractivity contribution in [1.29, 1.82) is 0 Å². The van der Waals surface area contributed by atoms with Crippen molar-refractivity contribution in [3.63, 3.8) is 0 Å². The highest BCUT2D eigenvalue weighted by atomic mass is 35.5. The molecule has 0 aliphatic heterocycles. The highest BCUT2D eigenvalue weighted by molar-refractivity contribution is 6.30. The normalized spacial score (nSPS) is 11.6. The molecule has 0 spiro atoms. The van der Waals surface area contributed by atoms with E-state index in [4.69, 9.17) is 11.6 Å². The van der Waals surface area contributed by atoms with E-state index in [9.17, 15) is 14.0 Å². The lowest BCUT2D eigenvalue weighted by Crippen LogP contribution is -2.32. The molecule has 0 unspecified atom stereocenters. The minimum absolute atomic E-state index is 0.0285. The SMILES string of the molecule is C[C@H](CNC(=O)CCNC(=O)c1ccccc1F)c1ccc(Cl)cc1. The van der Waals surface area contributed by atoms with E-state index in [2.05, 4.69) is 10.6 Å². The number of nitrogens with one attached hydrogen (secondary N) is 2. The number of benzene rings is 2. The highest BCUT2D eigenvalue weighted by Crippen LogP contribution is 2.17. The van der Waals surface area contributed by atoms with Gasteiger partial charge in [0.25, 0.3) is 5.91 Å². The van der Waals surface area contributed by atoms with Crippen LogP contribution in [0.25, 0.3) is 0 Å². The molecule has 0 aliphatic carbocycles. The third kappa shape index (κ3) is 5.87. The van der Waals surface area contributed by atoms with Crippen molar-refractivity contribution >= 4 is 23.4 Å². The molecule has 1 atom stereocenters. The number of carbonyl (C=O) groups excluding carboxylic acids is 2. The maximum Gasteiger partial charge on any atom is 0.254 e. The summed E-state index contributed by atoms with van der Waals surface area (Å²) in [6.45, 7) is 2.64. The first kappa shape index (κ1) is 18.9. The third-order valence-electron chi connectivity index (χ3n) is 3.80. The molecule has 0 heterocycles. The molecule has 2 aromatic carbocycles. The van der Waals surface area contributed by atoms with Gasteiger partial charge in [0.15, 0.2) is 0 Å². The molecule has 0 aromatic heterocycles. The summed E-state index contributed by atoms with van der Waals surface area (Å²) in [7, 11) is 0. The van der Waals surface area contributed by atoms with E-state index in [1.54, 1.807) is 6.07 Å². The van der Waals surface area contributed by atoms with Crippen LogP contribution in [-0.2, 0) is 4.79 Å². The molecule has 25 heavy (non-hydrogen) atoms. The Bertz CT molecular complexity index is 734. The predicted molar refractivity (Wildman–Crippen MR) is 96.2 cm³/mol. The van der Waals surface area contributed by atoms with Crippen LogP contribution in [0.15, 0.2) is 48.5 Å². The largest absolute Gasteiger partial charge is 0.355 e. The van der Waals surface area contributed by atoms with E-state index in [0.717, 1.165) is 5.56 Å². The van der Waals surface area contributed by atoms with Crippen LogP contribution in [0, 0.1) is 5.82 Å². The van der Waals surface area contributed by atoms with E-state index in [1.807, 2.05) is 31.2 Å². The standard InChI is InChI=1S/C19H20ClFN2O2/c1-13(14-6-8-15(20)9-7-14)12-23-18(24)10-11-22-19(25)16-4-2-3-5-17(16)21/h2-9,13H,10-12H2,1H3,(H,22,25)(H,23,24)/t13-/m1/s1. The minimum atomic E-state index is -0.582. The summed E-state index contributed by atoms with van der Waals surface area (Å²) >= 11 is 5.85. The van der Waals surface area contributed by atoms with Crippen LogP contribution in [-0.4, -0.2) is 24.9 Å². The Hall–Kier alpha value is -2.40. The Morgan fingerprint density at radius 1 is 1.08 bits per heavy atom. The fourth-order valence-electron chi connectivity index (χ4n) is 2.29. The maximum absolute atomic E-state index is 13.5. The van der Waals surface area contributed by atoms with Gasteiger partial charge in [-0.2, -0.15) is 0 Å². The molecule has 0 radical (unpaired) electrons. The Labute approximate surface area is 151 Å². The quantitative estimate of drug-likeness (QED) is 0.791. The summed E-state index contributed by atoms with van der Waals surface area (Å²) in [5.74, 6) is -1.13. The molecule has 0 saturated carbocycles. The summed E-state index contributed by atoms with van der Waals surface area (Å²) in [4.78, 5) is 23.7. The number of amides is 2. The van der Waals surface area contributed by atoms with Crippen molar-refractivity contribution in [2.75, 3.05) is 13.1 Å². The molecule has 0 fully saturated rings. The zero-order valence-corrected chi connectivity index (χ0v) is 14.6. The second kappa shape index (κ2) is 9.18. The molecule has 2 amide bonds. The monoisotopic (exact) mass is 362 g/mol. The lowest BCUT2D eigenvalue weighted by Gasteiger charge is -2.13. The predicted octanol–water partition coefficient (Wildman–Crippen LogP) is 3.52. The van der Waals surface area contributed by atoms with Gasteiger partial charge in [-0.25, -0.2) is 4.39 Å². The lowest BCUT2D eigenvalue weighted by molar-refractivity contribution is -0.121. The van der Waals surface area contributed by atoms with Crippen molar-refractivity contribution < 1.29 is 14.0 Å². The van der Waals surface area contributed by atoms with Crippen LogP contribution in [0.1, 0.15) is 35.2 Å². The van der Waals surface area contributed by atoms with Crippen molar-refractivity contribution in [1.82, 2.24) is 10.6 Å². The zero-order valence-electron chi connectivity index (χ0n) is 13.9. The fraction of sp³-hybridized carbons (Fsp3) is 0.263. The van der Waals surface area contributed by atoms with Gasteiger partial charge in [-0.1, -0.05) is 42.8 Å². The fourth-order valence-corrected chi connectivity index (χ4v) is 2.42. The molecule has 4 nitrogen and oxygen atoms in total. The second-order valence-corrected chi connectivity index (χ2v) is 6.18. The van der Waals surface area contributed by atoms with Gasteiger partial charge < -0.3 is 10.6 Å². The summed E-state index contributed by atoms with van der Waals surface area (Å²) in [6.07, 6.45) is 0.132. The molecular formula is C19H20ClFN2O2. The Morgan fingerprint density at radius 2 is 1.76 bits per heavy atom. The summed E-state index contributed by atoms with van der Waals surface area (Å²) < 4.78 is 13.5. The van der Waals surface area contributed by atoms with Crippen LogP contribution in [0.2, 0.25) is 5.02 Å². The molecule has 6 heteroatoms. The van der Waals surface area contributed by atoms with Crippen molar-refractivity contribution in [3.05, 3.63) is 70.5 Å². The lowest BCUT2D eigenvalue weighted by atomic mass is 10.0. The molecule has 0 saturated heterocycles. The smallest absolute Gasteiger partial charge is 0.254 e. The van der Waals surface area contributed by atoms with Gasteiger partial charge >= 0.3 is 0 Å². The van der Waals surface area contributed by atoms with Crippen LogP contribution in [0.3, 0.4) is 0 Å². The topological polar surface area (TPSA) is 58.2 Å². The highest BCUT2D eigenvalue weighted by Gasteiger charge is 2.11. The maximum atomic E-state index is 13.5. The Kier molecular flexibility index (Phi) is 6.95. The number of hydrogen-bond acceptors (Lipinski definition) is 2. The average Bonchev–Trinajstić information content (AvgIpc) is 2.60. The first-order valence-corrected chi connectivity index (χ1v) is 8.40. The number of carbonyl (C=O) groups is 2. The van der Waals surface area contributed by atoms with Gasteiger partial charge in [0, 0.05) is 24.5 Å². The molecule has 132 valence electrons. The van der Waals surface area contributed by atoms with Gasteiger partial charge in [-0.15, -0.1) is 0 Å². The number of halogens is 2. The molecular weight excluding hydrogens is 343 g/mol. The van der Waals surface area contributed by atoms with Crippen LogP contribution in [0.4, 0.5) is 4.39 Å². The van der Waals surface area contributed by atoms with Gasteiger partial charge in [0.2, 0.25) is 5.91 Å². The summed E-state index contributed by atoms with van der Waals surface area (Å²) in [5, 5.41) is 6.04. The van der Waals surface area contributed by atoms with E-state index in [0.29, 0.717) is 11.6 Å². The molecule has 2 aromatic rings. The van der Waals surface area contributed by atoms with Crippen LogP contribution in [0.5, 0.6) is 0 Å². The molecule has 0 aliphatic rings. The first-order chi connectivity index (χ1) is 12.0. The van der Waals surface area contributed by atoms with Crippen LogP contribution >= 0.6 is 11.6 Å². The first-order valence-electron chi connectivity index (χ1n) is 8.02. The van der Waals surface area contributed by atoms with Gasteiger partial charge in [-0.3, -0.25) is 9.59 Å². The number of hydrogen-bond donors (Lipinski definition) is 2. The van der Waals surface area contributed by atoms with Crippen molar-refractivity contribution in [2.24, 2.45) is 0 Å². The van der Waals surface area contributed by atoms with Gasteiger partial charge in [0.1, 0.15) is 5.82 Å². The Morgan fingerprint density at radius 3 is 2.44 bits per heavy atom. The zero-order chi connectivity index (χ0) is 18.2. The van der Waals surface area contributed by atoms with E-state index >= 15 is 0 Å². The molecule has 2 rings (SSSR count). The second-order valence-electron chi connectivity index (χ2n) is 5.74. The number of rotatable bonds is 7. The van der Waals surface area contributed by atoms with Gasteiger partial charge in [-0.05, 0) is 35.7 Å². The van der Waals surface area contributed by atoms with Crippen molar-refractivity contribution in [2.45, 2.75) is 19.3 Å². The summed E-state index contributed by atoms with van der Waals surface area (Å²) in [6, 6.07) is 13.2. The van der Waals surface area contributed by atoms with E-state index in [-0.39, 0.29) is 30.4 Å². The van der Waals surface area contributed by atoms with Gasteiger partial charge in [0.05, 0.1) is 5.56 Å². The minimum Gasteiger partial charge on any atom is -0.355 e. The average molecular weight is 363 g/mol. The van der Waals surface area contributed by atoms with Crippen LogP contribution < -0.4 is 10.6 Å². The van der Waals surface area contributed by atoms with Crippen molar-refractivity contribution in [3.8, 4) is 0 Å². The third-order valence-corrected chi connectivity index (χ3v) is 4.05. The molecule has 2 N–H and O–H groups in total. The Balaban J connectivity index is 1.71. The van der Waals surface area contributed by atoms with E-state index in [1.165, 1.54) is 18.2 Å². The summed E-state index contributed by atoms with van der Waals surface area (Å²) in [5.41, 5.74) is 1.05. The molecule has 0 bridgehead atoms. The van der Waals surface area contributed by atoms with E-state index < -0.39 is 11.7 Å².